The molecule has 0 bridgehead atoms. The van der Waals surface area contributed by atoms with E-state index in [0.717, 1.165) is 0 Å². The summed E-state index contributed by atoms with van der Waals surface area (Å²) in [7, 11) is -1.53. The van der Waals surface area contributed by atoms with E-state index in [2.05, 4.69) is 64.1 Å². The molecular formula is C18H30OSiTe. The van der Waals surface area contributed by atoms with Gasteiger partial charge in [0.05, 0.1) is 0 Å². The fourth-order valence-corrected chi connectivity index (χ4v) is 9.22. The van der Waals surface area contributed by atoms with Crippen LogP contribution in [0.5, 0.6) is 0 Å². The van der Waals surface area contributed by atoms with Crippen molar-refractivity contribution in [1.29, 1.82) is 0 Å². The Hall–Kier alpha value is -0.234. The summed E-state index contributed by atoms with van der Waals surface area (Å²) in [6, 6.07) is 14.4. The van der Waals surface area contributed by atoms with Crippen LogP contribution in [-0.4, -0.2) is 29.2 Å². The molecule has 1 nitrogen and oxygen atoms in total. The monoisotopic (exact) mass is 420 g/mol. The Bertz CT molecular complexity index is 404. The summed E-state index contributed by atoms with van der Waals surface area (Å²) in [6.07, 6.45) is 4.96. The Morgan fingerprint density at radius 1 is 1.05 bits per heavy atom. The van der Waals surface area contributed by atoms with E-state index in [-0.39, 0.29) is 20.9 Å². The van der Waals surface area contributed by atoms with Gasteiger partial charge in [0.2, 0.25) is 0 Å². The molecule has 0 amide bonds. The second-order valence-corrected chi connectivity index (χ2v) is 13.3. The van der Waals surface area contributed by atoms with E-state index in [4.69, 9.17) is 4.43 Å². The van der Waals surface area contributed by atoms with Crippen LogP contribution < -0.4 is 0 Å². The van der Waals surface area contributed by atoms with E-state index in [0.29, 0.717) is 0 Å². The van der Waals surface area contributed by atoms with Crippen molar-refractivity contribution in [2.24, 2.45) is 0 Å². The Morgan fingerprint density at radius 2 is 1.67 bits per heavy atom. The Morgan fingerprint density at radius 3 is 2.19 bits per heavy atom. The second-order valence-electron chi connectivity index (χ2n) is 5.42. The standard InChI is InChI=1S/C18H30OSiTe/c1-5-9-15-21-18(16-17-13-11-10-12-14-17)19-20(6-2,7-3)8-4/h10-14,16H,5-9,15H2,1-4H3/b18-16-. The molecule has 1 aromatic rings. The summed E-state index contributed by atoms with van der Waals surface area (Å²) in [5.74, 6) is 0. The molecule has 1 rings (SSSR count). The number of hydrogen-bond donors (Lipinski definition) is 0. The molecule has 0 aliphatic carbocycles. The molecule has 118 valence electrons. The van der Waals surface area contributed by atoms with Crippen molar-refractivity contribution >= 4 is 35.3 Å². The molecule has 0 radical (unpaired) electrons. The number of rotatable bonds is 10. The average Bonchev–Trinajstić information content (AvgIpc) is 2.54. The summed E-state index contributed by atoms with van der Waals surface area (Å²) in [5.41, 5.74) is 1.29. The molecule has 0 spiro atoms. The molecule has 0 atom stereocenters. The van der Waals surface area contributed by atoms with Crippen LogP contribution in [0.2, 0.25) is 22.6 Å². The second kappa shape index (κ2) is 10.5. The predicted molar refractivity (Wildman–Crippen MR) is 98.2 cm³/mol. The molecule has 0 saturated carbocycles. The van der Waals surface area contributed by atoms with Crippen LogP contribution in [0.4, 0.5) is 0 Å². The van der Waals surface area contributed by atoms with Gasteiger partial charge in [0.15, 0.2) is 0 Å². The summed E-state index contributed by atoms with van der Waals surface area (Å²) in [5, 5.41) is 0. The van der Waals surface area contributed by atoms with Crippen molar-refractivity contribution in [3.05, 3.63) is 39.7 Å². The molecular weight excluding hydrogens is 388 g/mol. The molecule has 0 heterocycles. The summed E-state index contributed by atoms with van der Waals surface area (Å²) in [6.45, 7) is 9.21. The van der Waals surface area contributed by atoms with E-state index in [9.17, 15) is 0 Å². The zero-order chi connectivity index (χ0) is 15.6. The van der Waals surface area contributed by atoms with Gasteiger partial charge in [-0.05, 0) is 0 Å². The molecule has 21 heavy (non-hydrogen) atoms. The Kier molecular flexibility index (Phi) is 9.39. The molecule has 0 unspecified atom stereocenters. The number of hydrogen-bond acceptors (Lipinski definition) is 1. The third-order valence-corrected chi connectivity index (χ3v) is 11.8. The van der Waals surface area contributed by atoms with E-state index in [1.165, 1.54) is 44.8 Å². The van der Waals surface area contributed by atoms with Crippen molar-refractivity contribution < 1.29 is 4.43 Å². The maximum atomic E-state index is 6.69. The van der Waals surface area contributed by atoms with E-state index in [1.54, 1.807) is 0 Å². The van der Waals surface area contributed by atoms with Crippen LogP contribution >= 0.6 is 0 Å². The van der Waals surface area contributed by atoms with Crippen LogP contribution in [0, 0.1) is 0 Å². The van der Waals surface area contributed by atoms with E-state index >= 15 is 0 Å². The van der Waals surface area contributed by atoms with Crippen LogP contribution in [0.1, 0.15) is 46.1 Å². The molecule has 0 aliphatic rings. The Labute approximate surface area is 142 Å². The van der Waals surface area contributed by atoms with Crippen LogP contribution in [0.15, 0.2) is 34.1 Å². The van der Waals surface area contributed by atoms with Gasteiger partial charge in [-0.25, -0.2) is 0 Å². The molecule has 3 heteroatoms. The molecule has 0 saturated heterocycles. The number of unbranched alkanes of at least 4 members (excludes halogenated alkanes) is 1. The molecule has 1 aromatic carbocycles. The van der Waals surface area contributed by atoms with Gasteiger partial charge >= 0.3 is 143 Å². The van der Waals surface area contributed by atoms with Crippen molar-refractivity contribution in [1.82, 2.24) is 0 Å². The summed E-state index contributed by atoms with van der Waals surface area (Å²) < 4.78 is 9.40. The van der Waals surface area contributed by atoms with Crippen molar-refractivity contribution in [3.8, 4) is 0 Å². The van der Waals surface area contributed by atoms with Crippen LogP contribution in [0.3, 0.4) is 0 Å². The van der Waals surface area contributed by atoms with E-state index < -0.39 is 8.32 Å². The topological polar surface area (TPSA) is 9.23 Å². The quantitative estimate of drug-likeness (QED) is 0.260. The van der Waals surface area contributed by atoms with Crippen molar-refractivity contribution in [2.45, 2.75) is 63.1 Å². The maximum absolute atomic E-state index is 6.69. The molecule has 0 fully saturated rings. The summed E-state index contributed by atoms with van der Waals surface area (Å²) in [4.78, 5) is 0. The van der Waals surface area contributed by atoms with Crippen LogP contribution in [0.25, 0.3) is 6.08 Å². The minimum atomic E-state index is -1.53. The first-order valence-corrected chi connectivity index (χ1v) is 13.6. The summed E-state index contributed by atoms with van der Waals surface area (Å²) >= 11 is -0.178. The molecule has 0 aromatic heterocycles. The number of benzene rings is 1. The fourth-order valence-electron chi connectivity index (χ4n) is 2.28. The zero-order valence-corrected chi connectivity index (χ0v) is 17.4. The van der Waals surface area contributed by atoms with Gasteiger partial charge in [-0.1, -0.05) is 0 Å². The Balaban J connectivity index is 2.88. The molecule has 0 N–H and O–H groups in total. The third kappa shape index (κ3) is 6.59. The normalized spacial score (nSPS) is 12.5. The average molecular weight is 418 g/mol. The molecule has 0 aliphatic heterocycles. The fraction of sp³-hybridized carbons (Fsp3) is 0.556. The predicted octanol–water partition coefficient (Wildman–Crippen LogP) is 5.93. The first kappa shape index (κ1) is 18.8. The SMILES string of the molecule is CCCC[Te]/C(=C\c1ccccc1)O[Si](CC)(CC)CC. The van der Waals surface area contributed by atoms with E-state index in [1.807, 2.05) is 0 Å². The van der Waals surface area contributed by atoms with Gasteiger partial charge in [0, 0.05) is 0 Å². The van der Waals surface area contributed by atoms with Gasteiger partial charge < -0.3 is 0 Å². The van der Waals surface area contributed by atoms with Gasteiger partial charge in [-0.2, -0.15) is 0 Å². The van der Waals surface area contributed by atoms with Crippen LogP contribution in [-0.2, 0) is 4.43 Å². The van der Waals surface area contributed by atoms with Gasteiger partial charge in [-0.15, -0.1) is 0 Å². The first-order chi connectivity index (χ1) is 10.2. The minimum absolute atomic E-state index is 0.178. The van der Waals surface area contributed by atoms with Gasteiger partial charge in [-0.3, -0.25) is 0 Å². The van der Waals surface area contributed by atoms with Gasteiger partial charge in [0.25, 0.3) is 0 Å². The zero-order valence-electron chi connectivity index (χ0n) is 14.0. The van der Waals surface area contributed by atoms with Gasteiger partial charge in [0.1, 0.15) is 0 Å². The van der Waals surface area contributed by atoms with Crippen molar-refractivity contribution in [2.75, 3.05) is 0 Å². The third-order valence-electron chi connectivity index (χ3n) is 4.08. The first-order valence-electron chi connectivity index (χ1n) is 8.28. The van der Waals surface area contributed by atoms with Crippen molar-refractivity contribution in [3.63, 3.8) is 0 Å².